The molecule has 0 radical (unpaired) electrons. The molecule has 0 aromatic heterocycles. The average Bonchev–Trinajstić information content (AvgIpc) is 2.65. The normalized spacial score (nSPS) is 13.4. The monoisotopic (exact) mass is 454 g/mol. The molecule has 1 aromatic carbocycles. The van der Waals surface area contributed by atoms with Crippen LogP contribution in [0.4, 0.5) is 5.69 Å². The minimum atomic E-state index is -3.95. The van der Waals surface area contributed by atoms with Crippen molar-refractivity contribution in [3.8, 4) is 0 Å². The van der Waals surface area contributed by atoms with E-state index in [2.05, 4.69) is 16.0 Å². The largest absolute Gasteiger partial charge is 0.481 e. The molecular formula is C23H40N3O4S+. The molecule has 0 aliphatic heterocycles. The number of quaternary nitrogens is 1. The second-order valence-electron chi connectivity index (χ2n) is 9.23. The van der Waals surface area contributed by atoms with Gasteiger partial charge in [0.2, 0.25) is 0 Å². The highest BCUT2D eigenvalue weighted by Gasteiger charge is 2.20. The molecule has 0 heterocycles. The Morgan fingerprint density at radius 2 is 1.65 bits per heavy atom. The summed E-state index contributed by atoms with van der Waals surface area (Å²) in [7, 11) is 1.81. The highest BCUT2D eigenvalue weighted by molar-refractivity contribution is 7.91. The number of aryl methyl sites for hydroxylation is 1. The van der Waals surface area contributed by atoms with Crippen LogP contribution >= 0.6 is 0 Å². The van der Waals surface area contributed by atoms with E-state index in [0.717, 1.165) is 12.8 Å². The number of unbranched alkanes of at least 4 members (excludes halogenated alkanes) is 6. The first-order valence-corrected chi connectivity index (χ1v) is 12.6. The minimum absolute atomic E-state index is 0.165. The van der Waals surface area contributed by atoms with Gasteiger partial charge in [-0.3, -0.25) is 9.52 Å². The highest BCUT2D eigenvalue weighted by Crippen LogP contribution is 2.15. The van der Waals surface area contributed by atoms with Gasteiger partial charge in [0.1, 0.15) is 0 Å². The Kier molecular flexibility index (Phi) is 11.8. The molecule has 31 heavy (non-hydrogen) atoms. The number of rotatable bonds is 16. The minimum Gasteiger partial charge on any atom is -0.481 e. The summed E-state index contributed by atoms with van der Waals surface area (Å²) in [5.41, 5.74) is 1.63. The van der Waals surface area contributed by atoms with Gasteiger partial charge >= 0.3 is 16.2 Å². The van der Waals surface area contributed by atoms with Gasteiger partial charge in [-0.1, -0.05) is 57.6 Å². The van der Waals surface area contributed by atoms with Crippen LogP contribution in [0.5, 0.6) is 0 Å². The molecule has 7 nitrogen and oxygen atoms in total. The van der Waals surface area contributed by atoms with Crippen molar-refractivity contribution in [1.29, 1.82) is 0 Å². The van der Waals surface area contributed by atoms with E-state index in [4.69, 9.17) is 5.11 Å². The third kappa shape index (κ3) is 13.9. The predicted molar refractivity (Wildman–Crippen MR) is 128 cm³/mol. The van der Waals surface area contributed by atoms with E-state index in [0.29, 0.717) is 16.7 Å². The van der Waals surface area contributed by atoms with Gasteiger partial charge in [-0.05, 0) is 30.5 Å². The first-order valence-electron chi connectivity index (χ1n) is 11.2. The number of carboxylic acid groups (broad SMARTS) is 1. The van der Waals surface area contributed by atoms with Crippen LogP contribution in [0, 0.1) is 5.92 Å². The summed E-state index contributed by atoms with van der Waals surface area (Å²) in [6.07, 6.45) is 10.9. The number of carboxylic acids is 1. The first-order chi connectivity index (χ1) is 14.5. The van der Waals surface area contributed by atoms with E-state index in [9.17, 15) is 13.2 Å². The van der Waals surface area contributed by atoms with Crippen molar-refractivity contribution in [2.45, 2.75) is 64.7 Å². The smallest absolute Gasteiger partial charge is 0.341 e. The van der Waals surface area contributed by atoms with Crippen LogP contribution in [0.3, 0.4) is 0 Å². The number of nitrogens with zero attached hydrogens (tertiary/aromatic N) is 2. The van der Waals surface area contributed by atoms with Gasteiger partial charge in [0.05, 0.1) is 45.7 Å². The molecule has 1 aromatic rings. The van der Waals surface area contributed by atoms with E-state index in [-0.39, 0.29) is 6.42 Å². The van der Waals surface area contributed by atoms with E-state index in [1.165, 1.54) is 50.3 Å². The molecule has 0 amide bonds. The lowest BCUT2D eigenvalue weighted by molar-refractivity contribution is -0.872. The highest BCUT2D eigenvalue weighted by atomic mass is 32.2. The summed E-state index contributed by atoms with van der Waals surface area (Å²) in [5.74, 6) is -1.45. The lowest BCUT2D eigenvalue weighted by atomic mass is 10.0. The predicted octanol–water partition coefficient (Wildman–Crippen LogP) is 4.50. The van der Waals surface area contributed by atoms with Crippen molar-refractivity contribution in [2.75, 3.05) is 32.4 Å². The molecule has 0 saturated carbocycles. The zero-order chi connectivity index (χ0) is 23.3. The molecule has 8 heteroatoms. The molecule has 176 valence electrons. The average molecular weight is 455 g/mol. The lowest BCUT2D eigenvalue weighted by Gasteiger charge is -2.26. The number of hydrogen-bond donors (Lipinski definition) is 2. The number of anilines is 1. The van der Waals surface area contributed by atoms with Gasteiger partial charge in [0.25, 0.3) is 0 Å². The number of hydrogen-bond acceptors (Lipinski definition) is 3. The maximum absolute atomic E-state index is 12.3. The molecule has 0 aliphatic carbocycles. The van der Waals surface area contributed by atoms with Crippen molar-refractivity contribution in [3.05, 3.63) is 29.8 Å². The Labute approximate surface area is 188 Å². The van der Waals surface area contributed by atoms with Crippen molar-refractivity contribution >= 4 is 28.1 Å². The molecule has 2 N–H and O–H groups in total. The van der Waals surface area contributed by atoms with Gasteiger partial charge in [0, 0.05) is 6.21 Å². The number of aliphatic carboxylic acids is 1. The number of carbonyl (C=O) groups is 1. The quantitative estimate of drug-likeness (QED) is 0.218. The van der Waals surface area contributed by atoms with Crippen LogP contribution in [0.15, 0.2) is 28.7 Å². The SMILES string of the molecule is CCCCCCCCCc1ccc(NS(=O)(=O)/N=C/C(CC(=O)O)C[N+](C)(C)C)cc1. The van der Waals surface area contributed by atoms with Gasteiger partial charge in [-0.2, -0.15) is 12.8 Å². The van der Waals surface area contributed by atoms with Crippen LogP contribution in [0.2, 0.25) is 0 Å². The van der Waals surface area contributed by atoms with Crippen LogP contribution in [-0.4, -0.2) is 57.9 Å². The molecule has 0 bridgehead atoms. The van der Waals surface area contributed by atoms with E-state index in [1.807, 2.05) is 33.3 Å². The van der Waals surface area contributed by atoms with Gasteiger partial charge in [-0.25, -0.2) is 0 Å². The number of nitrogens with one attached hydrogen (secondary N) is 1. The summed E-state index contributed by atoms with van der Waals surface area (Å²) >= 11 is 0. The van der Waals surface area contributed by atoms with Crippen molar-refractivity contribution in [2.24, 2.45) is 10.3 Å². The zero-order valence-electron chi connectivity index (χ0n) is 19.5. The van der Waals surface area contributed by atoms with E-state index >= 15 is 0 Å². The Morgan fingerprint density at radius 3 is 2.19 bits per heavy atom. The lowest BCUT2D eigenvalue weighted by Crippen LogP contribution is -2.40. The third-order valence-corrected chi connectivity index (χ3v) is 5.79. The van der Waals surface area contributed by atoms with Gasteiger partial charge in [0.15, 0.2) is 0 Å². The van der Waals surface area contributed by atoms with E-state index in [1.54, 1.807) is 12.1 Å². The van der Waals surface area contributed by atoms with Crippen molar-refractivity contribution < 1.29 is 22.8 Å². The van der Waals surface area contributed by atoms with Crippen LogP contribution in [-0.2, 0) is 21.4 Å². The molecule has 1 atom stereocenters. The van der Waals surface area contributed by atoms with Crippen molar-refractivity contribution in [1.82, 2.24) is 0 Å². The molecule has 1 unspecified atom stereocenters. The Bertz CT molecular complexity index is 784. The molecule has 0 saturated heterocycles. The fourth-order valence-electron chi connectivity index (χ4n) is 3.46. The number of benzene rings is 1. The zero-order valence-corrected chi connectivity index (χ0v) is 20.3. The second kappa shape index (κ2) is 13.5. The third-order valence-electron chi connectivity index (χ3n) is 4.90. The maximum atomic E-state index is 12.3. The molecular weight excluding hydrogens is 414 g/mol. The van der Waals surface area contributed by atoms with Crippen LogP contribution in [0.25, 0.3) is 0 Å². The summed E-state index contributed by atoms with van der Waals surface area (Å²) in [5, 5.41) is 9.06. The Hall–Kier alpha value is -1.93. The molecule has 0 fully saturated rings. The Morgan fingerprint density at radius 1 is 1.06 bits per heavy atom. The standard InChI is InChI=1S/C23H39N3O4S/c1-5-6-7-8-9-10-11-12-20-13-15-22(16-14-20)25-31(29,30)24-18-21(17-23(27)28)19-26(2,3)4/h13-16,18,21,25H,5-12,17,19H2,1-4H3/p+1/b24-18+. The Balaban J connectivity index is 2.56. The molecule has 0 aliphatic rings. The first kappa shape index (κ1) is 27.1. The fraction of sp³-hybridized carbons (Fsp3) is 0.652. The van der Waals surface area contributed by atoms with Gasteiger partial charge in [-0.15, -0.1) is 0 Å². The van der Waals surface area contributed by atoms with Crippen molar-refractivity contribution in [3.63, 3.8) is 0 Å². The second-order valence-corrected chi connectivity index (χ2v) is 10.6. The summed E-state index contributed by atoms with van der Waals surface area (Å²) in [6, 6.07) is 7.35. The fourth-order valence-corrected chi connectivity index (χ4v) is 4.28. The summed E-state index contributed by atoms with van der Waals surface area (Å²) < 4.78 is 31.2. The van der Waals surface area contributed by atoms with Gasteiger partial charge < -0.3 is 9.59 Å². The van der Waals surface area contributed by atoms with Crippen LogP contribution < -0.4 is 4.72 Å². The topological polar surface area (TPSA) is 95.8 Å². The maximum Gasteiger partial charge on any atom is 0.341 e. The summed E-state index contributed by atoms with van der Waals surface area (Å²) in [4.78, 5) is 11.1. The van der Waals surface area contributed by atoms with Crippen LogP contribution in [0.1, 0.15) is 63.9 Å². The van der Waals surface area contributed by atoms with E-state index < -0.39 is 22.1 Å². The molecule has 1 rings (SSSR count). The summed E-state index contributed by atoms with van der Waals surface area (Å²) in [6.45, 7) is 2.69. The molecule has 0 spiro atoms.